The van der Waals surface area contributed by atoms with Crippen LogP contribution in [0.25, 0.3) is 0 Å². The molecular formula is C14H19ClN2O5. The van der Waals surface area contributed by atoms with Crippen molar-refractivity contribution in [2.24, 2.45) is 0 Å². The summed E-state index contributed by atoms with van der Waals surface area (Å²) in [4.78, 5) is 23.1. The molecule has 0 aromatic heterocycles. The lowest BCUT2D eigenvalue weighted by atomic mass is 10.2. The van der Waals surface area contributed by atoms with Gasteiger partial charge in [-0.2, -0.15) is 0 Å². The van der Waals surface area contributed by atoms with Crippen molar-refractivity contribution in [3.8, 4) is 5.75 Å². The van der Waals surface area contributed by atoms with Crippen LogP contribution < -0.4 is 15.4 Å². The van der Waals surface area contributed by atoms with Gasteiger partial charge in [0.1, 0.15) is 11.8 Å². The summed E-state index contributed by atoms with van der Waals surface area (Å²) in [5.74, 6) is -1.19. The highest BCUT2D eigenvalue weighted by Crippen LogP contribution is 2.27. The molecule has 7 nitrogen and oxygen atoms in total. The molecule has 0 saturated carbocycles. The molecule has 4 N–H and O–H groups in total. The standard InChI is InChI=1S/C14H19ClN2O5/c1-22-12-4-3-9(15)7-10(12)17-13(19)8-11(14(20)21)16-5-2-6-18/h3-4,7,11,16,18H,2,5-6,8H2,1H3,(H,17,19)(H,20,21). The third-order valence-electron chi connectivity index (χ3n) is 2.85. The lowest BCUT2D eigenvalue weighted by Crippen LogP contribution is -2.40. The van der Waals surface area contributed by atoms with E-state index in [4.69, 9.17) is 26.6 Å². The van der Waals surface area contributed by atoms with Gasteiger partial charge in [0.2, 0.25) is 5.91 Å². The second kappa shape index (κ2) is 9.24. The van der Waals surface area contributed by atoms with E-state index in [1.54, 1.807) is 12.1 Å². The molecule has 0 radical (unpaired) electrons. The van der Waals surface area contributed by atoms with E-state index in [0.717, 1.165) is 0 Å². The number of aliphatic hydroxyl groups excluding tert-OH is 1. The summed E-state index contributed by atoms with van der Waals surface area (Å²) < 4.78 is 5.10. The molecule has 122 valence electrons. The number of carboxylic acid groups (broad SMARTS) is 1. The fourth-order valence-electron chi connectivity index (χ4n) is 1.77. The van der Waals surface area contributed by atoms with Crippen LogP contribution in [0.3, 0.4) is 0 Å². The Balaban J connectivity index is 2.67. The van der Waals surface area contributed by atoms with E-state index in [2.05, 4.69) is 10.6 Å². The topological polar surface area (TPSA) is 108 Å². The number of rotatable bonds is 9. The molecule has 1 rings (SSSR count). The Morgan fingerprint density at radius 3 is 2.73 bits per heavy atom. The zero-order chi connectivity index (χ0) is 16.5. The van der Waals surface area contributed by atoms with Gasteiger partial charge >= 0.3 is 5.97 Å². The number of hydrogen-bond acceptors (Lipinski definition) is 5. The van der Waals surface area contributed by atoms with Crippen molar-refractivity contribution in [3.05, 3.63) is 23.2 Å². The number of aliphatic hydroxyl groups is 1. The van der Waals surface area contributed by atoms with Gasteiger partial charge in [0.25, 0.3) is 0 Å². The van der Waals surface area contributed by atoms with Gasteiger partial charge in [-0.15, -0.1) is 0 Å². The minimum Gasteiger partial charge on any atom is -0.495 e. The zero-order valence-electron chi connectivity index (χ0n) is 12.1. The second-order valence-electron chi connectivity index (χ2n) is 4.52. The van der Waals surface area contributed by atoms with Crippen molar-refractivity contribution in [1.29, 1.82) is 0 Å². The highest BCUT2D eigenvalue weighted by molar-refractivity contribution is 6.31. The highest BCUT2D eigenvalue weighted by atomic mass is 35.5. The fraction of sp³-hybridized carbons (Fsp3) is 0.429. The molecule has 0 aliphatic rings. The maximum absolute atomic E-state index is 12.0. The van der Waals surface area contributed by atoms with Crippen molar-refractivity contribution in [2.45, 2.75) is 18.9 Å². The van der Waals surface area contributed by atoms with Gasteiger partial charge in [0, 0.05) is 11.6 Å². The van der Waals surface area contributed by atoms with Crippen LogP contribution in [0.5, 0.6) is 5.75 Å². The summed E-state index contributed by atoms with van der Waals surface area (Å²) in [6, 6.07) is 3.71. The molecule has 1 aromatic rings. The van der Waals surface area contributed by atoms with E-state index in [0.29, 0.717) is 29.4 Å². The van der Waals surface area contributed by atoms with E-state index in [-0.39, 0.29) is 13.0 Å². The minimum absolute atomic E-state index is 0.0503. The normalized spacial score (nSPS) is 11.8. The van der Waals surface area contributed by atoms with Crippen molar-refractivity contribution < 1.29 is 24.5 Å². The number of carboxylic acids is 1. The summed E-state index contributed by atoms with van der Waals surface area (Å²) in [6.07, 6.45) is 0.157. The predicted octanol–water partition coefficient (Wildman–Crippen LogP) is 1.10. The molecule has 1 aromatic carbocycles. The van der Waals surface area contributed by atoms with Gasteiger partial charge in [0.05, 0.1) is 19.2 Å². The number of ether oxygens (including phenoxy) is 1. The number of carbonyl (C=O) groups is 2. The van der Waals surface area contributed by atoms with E-state index < -0.39 is 17.9 Å². The lowest BCUT2D eigenvalue weighted by Gasteiger charge is -2.15. The summed E-state index contributed by atoms with van der Waals surface area (Å²) >= 11 is 5.86. The Kier molecular flexibility index (Phi) is 7.65. The molecule has 0 aliphatic carbocycles. The molecule has 1 atom stereocenters. The lowest BCUT2D eigenvalue weighted by molar-refractivity contribution is -0.141. The van der Waals surface area contributed by atoms with Gasteiger partial charge in [-0.3, -0.25) is 9.59 Å². The van der Waals surface area contributed by atoms with Crippen LogP contribution in [0.15, 0.2) is 18.2 Å². The van der Waals surface area contributed by atoms with E-state index in [1.807, 2.05) is 0 Å². The van der Waals surface area contributed by atoms with Crippen LogP contribution in [0, 0.1) is 0 Å². The number of halogens is 1. The number of nitrogens with one attached hydrogen (secondary N) is 2. The first kappa shape index (κ1) is 18.2. The largest absolute Gasteiger partial charge is 0.495 e. The number of methoxy groups -OCH3 is 1. The van der Waals surface area contributed by atoms with Crippen molar-refractivity contribution in [3.63, 3.8) is 0 Å². The van der Waals surface area contributed by atoms with Crippen LogP contribution in [0.4, 0.5) is 5.69 Å². The molecule has 0 fully saturated rings. The van der Waals surface area contributed by atoms with Crippen LogP contribution in [0.2, 0.25) is 5.02 Å². The highest BCUT2D eigenvalue weighted by Gasteiger charge is 2.21. The summed E-state index contributed by atoms with van der Waals surface area (Å²) in [5, 5.41) is 23.5. The number of hydrogen-bond donors (Lipinski definition) is 4. The zero-order valence-corrected chi connectivity index (χ0v) is 12.9. The smallest absolute Gasteiger partial charge is 0.321 e. The van der Waals surface area contributed by atoms with Gasteiger partial charge in [-0.05, 0) is 31.2 Å². The summed E-state index contributed by atoms with van der Waals surface area (Å²) in [5.41, 5.74) is 0.375. The first-order chi connectivity index (χ1) is 10.5. The second-order valence-corrected chi connectivity index (χ2v) is 4.96. The minimum atomic E-state index is -1.13. The number of carbonyl (C=O) groups excluding carboxylic acids is 1. The summed E-state index contributed by atoms with van der Waals surface area (Å²) in [7, 11) is 1.45. The van der Waals surface area contributed by atoms with Crippen molar-refractivity contribution >= 4 is 29.2 Å². The molecule has 0 heterocycles. The number of amides is 1. The van der Waals surface area contributed by atoms with Crippen LogP contribution >= 0.6 is 11.6 Å². The fourth-order valence-corrected chi connectivity index (χ4v) is 1.94. The molecule has 0 saturated heterocycles. The van der Waals surface area contributed by atoms with Crippen LogP contribution in [-0.2, 0) is 9.59 Å². The molecule has 1 amide bonds. The quantitative estimate of drug-likeness (QED) is 0.505. The maximum Gasteiger partial charge on any atom is 0.321 e. The van der Waals surface area contributed by atoms with Gasteiger partial charge < -0.3 is 25.6 Å². The molecular weight excluding hydrogens is 312 g/mol. The Morgan fingerprint density at radius 2 is 2.14 bits per heavy atom. The maximum atomic E-state index is 12.0. The Labute approximate surface area is 133 Å². The Morgan fingerprint density at radius 1 is 1.41 bits per heavy atom. The van der Waals surface area contributed by atoms with Gasteiger partial charge in [0.15, 0.2) is 0 Å². The van der Waals surface area contributed by atoms with E-state index >= 15 is 0 Å². The SMILES string of the molecule is COc1ccc(Cl)cc1NC(=O)CC(NCCCO)C(=O)O. The number of aliphatic carboxylic acids is 1. The molecule has 0 bridgehead atoms. The summed E-state index contributed by atoms with van der Waals surface area (Å²) in [6.45, 7) is 0.256. The van der Waals surface area contributed by atoms with Crippen molar-refractivity contribution in [2.75, 3.05) is 25.6 Å². The average molecular weight is 331 g/mol. The Hall–Kier alpha value is -1.83. The van der Waals surface area contributed by atoms with Gasteiger partial charge in [-0.25, -0.2) is 0 Å². The molecule has 1 unspecified atom stereocenters. The first-order valence-corrected chi connectivity index (χ1v) is 7.06. The van der Waals surface area contributed by atoms with Crippen LogP contribution in [-0.4, -0.2) is 48.4 Å². The first-order valence-electron chi connectivity index (χ1n) is 6.68. The van der Waals surface area contributed by atoms with Crippen molar-refractivity contribution in [1.82, 2.24) is 5.32 Å². The number of anilines is 1. The molecule has 22 heavy (non-hydrogen) atoms. The van der Waals surface area contributed by atoms with E-state index in [1.165, 1.54) is 13.2 Å². The van der Waals surface area contributed by atoms with Gasteiger partial charge in [-0.1, -0.05) is 11.6 Å². The molecule has 8 heteroatoms. The third kappa shape index (κ3) is 5.88. The molecule has 0 spiro atoms. The predicted molar refractivity (Wildman–Crippen MR) is 82.4 cm³/mol. The Bertz CT molecular complexity index is 524. The third-order valence-corrected chi connectivity index (χ3v) is 3.08. The molecule has 0 aliphatic heterocycles. The average Bonchev–Trinajstić information content (AvgIpc) is 2.46. The number of benzene rings is 1. The van der Waals surface area contributed by atoms with E-state index in [9.17, 15) is 9.59 Å². The van der Waals surface area contributed by atoms with Crippen LogP contribution in [0.1, 0.15) is 12.8 Å². The monoisotopic (exact) mass is 330 g/mol.